The van der Waals surface area contributed by atoms with Gasteiger partial charge in [-0.2, -0.15) is 52.7 Å². The maximum atomic E-state index is 10.5. The van der Waals surface area contributed by atoms with Gasteiger partial charge < -0.3 is 86.1 Å². The molecule has 0 fully saturated rings. The molecule has 88 heavy (non-hydrogen) atoms. The largest absolute Gasteiger partial charge is 0.907 e. The van der Waals surface area contributed by atoms with Crippen molar-refractivity contribution in [2.24, 2.45) is 0 Å². The van der Waals surface area contributed by atoms with E-state index in [0.717, 1.165) is 0 Å². The summed E-state index contributed by atoms with van der Waals surface area (Å²) in [4.78, 5) is 35.1. The second kappa shape index (κ2) is 58.8. The van der Waals surface area contributed by atoms with Gasteiger partial charge in [0.15, 0.2) is 0 Å². The molecular formula is C57H126BF12N7O11. The Bertz CT molecular complexity index is 1260. The van der Waals surface area contributed by atoms with E-state index in [0.29, 0.717) is 0 Å². The topological polar surface area (TPSA) is 230 Å². The highest BCUT2D eigenvalue weighted by Crippen LogP contribution is 2.14. The molecule has 0 radical (unpaired) electrons. The lowest BCUT2D eigenvalue weighted by atomic mass is 10.3. The van der Waals surface area contributed by atoms with Crippen LogP contribution in [0.5, 0.6) is 0 Å². The monoisotopic (exact) mass is 1320 g/mol. The van der Waals surface area contributed by atoms with Crippen LogP contribution in [0.1, 0.15) is 145 Å². The van der Waals surface area contributed by atoms with Gasteiger partial charge in [-0.25, -0.2) is 0 Å². The van der Waals surface area contributed by atoms with Crippen molar-refractivity contribution in [3.63, 3.8) is 0 Å². The Kier molecular flexibility index (Phi) is 75.0. The number of rotatable bonds is 21. The van der Waals surface area contributed by atoms with Gasteiger partial charge in [0.25, 0.3) is 0 Å². The first-order valence-electron chi connectivity index (χ1n) is 30.2. The lowest BCUT2D eigenvalue weighted by Gasteiger charge is -2.35. The number of carbonyl (C=O) groups is 4. The molecule has 0 aliphatic carbocycles. The Morgan fingerprint density at radius 3 is 0.261 bits per heavy atom. The average molecular weight is 1320 g/mol. The SMILES string of the molecule is CC[N+](C)(CC)CC.CC[N+](C)(CC)CC.CC[N+](C)(CC)CC.CC[N+](C)(CC)CC.CC[N+](C)(CC)CC.CC[N+](C)(CC)CC.CC[N+](C)(CC)CC.O=C([O-])C(F)(F)F.O=C([O-])C(F)(F)F.O=C([O-])C(F)(F)F.O=C([O-])C(F)(F)F.[O-]B([O-])[O-]. The van der Waals surface area contributed by atoms with E-state index in [1.54, 1.807) is 0 Å². The molecule has 0 aliphatic rings. The summed E-state index contributed by atoms with van der Waals surface area (Å²) in [5.41, 5.74) is 0. The van der Waals surface area contributed by atoms with E-state index in [4.69, 9.17) is 54.7 Å². The first kappa shape index (κ1) is 112. The van der Waals surface area contributed by atoms with Crippen LogP contribution in [0.4, 0.5) is 52.7 Å². The maximum Gasteiger partial charge on any atom is 0.430 e. The van der Waals surface area contributed by atoms with Gasteiger partial charge >= 0.3 is 24.7 Å². The number of carboxylic acids is 4. The number of hydrogen-bond acceptors (Lipinski definition) is 11. The van der Waals surface area contributed by atoms with E-state index >= 15 is 0 Å². The molecule has 0 aromatic carbocycles. The van der Waals surface area contributed by atoms with E-state index < -0.39 is 55.9 Å². The van der Waals surface area contributed by atoms with Crippen LogP contribution < -0.4 is 35.5 Å². The summed E-state index contributed by atoms with van der Waals surface area (Å²) < 4.78 is 135. The number of hydrogen-bond donors (Lipinski definition) is 0. The van der Waals surface area contributed by atoms with Crippen LogP contribution in [0.15, 0.2) is 0 Å². The summed E-state index contributed by atoms with van der Waals surface area (Å²) in [7, 11) is 13.1. The number of quaternary nitrogens is 7. The van der Waals surface area contributed by atoms with Gasteiger partial charge in [-0.1, -0.05) is 0 Å². The number of alkyl halides is 12. The Morgan fingerprint density at radius 1 is 0.227 bits per heavy atom. The Labute approximate surface area is 525 Å². The minimum atomic E-state index is -5.19. The van der Waals surface area contributed by atoms with Gasteiger partial charge in [-0.3, -0.25) is 7.32 Å². The third kappa shape index (κ3) is 78.8. The fourth-order valence-corrected chi connectivity index (χ4v) is 4.70. The van der Waals surface area contributed by atoms with Crippen molar-refractivity contribution < 1.29 is 139 Å². The van der Waals surface area contributed by atoms with E-state index in [-0.39, 0.29) is 0 Å². The molecule has 18 nitrogen and oxygen atoms in total. The molecule has 0 unspecified atom stereocenters. The minimum Gasteiger partial charge on any atom is -0.907 e. The van der Waals surface area contributed by atoms with Gasteiger partial charge in [0.2, 0.25) is 0 Å². The molecule has 0 rings (SSSR count). The molecule has 0 heterocycles. The standard InChI is InChI=1S/7C7H18N.4C2HF3O2.BO3/c7*1-5-8(4,6-2)7-3;4*3-2(4,5)1(6)7;2-1(3)4/h7*5-7H2,1-4H3;4*(H,6,7);/q7*+1;;;;;-3/p-4. The molecule has 0 aliphatic heterocycles. The average Bonchev–Trinajstić information content (AvgIpc) is 3.48. The van der Waals surface area contributed by atoms with Crippen LogP contribution >= 0.6 is 0 Å². The summed E-state index contributed by atoms with van der Waals surface area (Å²) in [6.45, 7) is 73.5. The molecule has 0 saturated carbocycles. The Hall–Kier alpha value is -3.30. The number of aliphatic carboxylic acids is 4. The maximum absolute atomic E-state index is 10.5. The van der Waals surface area contributed by atoms with Crippen molar-refractivity contribution in [3.05, 3.63) is 0 Å². The van der Waals surface area contributed by atoms with Crippen LogP contribution in [0.2, 0.25) is 0 Å². The molecule has 0 amide bonds. The van der Waals surface area contributed by atoms with Gasteiger partial charge in [-0.05, 0) is 145 Å². The van der Waals surface area contributed by atoms with Crippen LogP contribution in [0, 0.1) is 0 Å². The number of halogens is 12. The van der Waals surface area contributed by atoms with Crippen molar-refractivity contribution in [2.75, 3.05) is 187 Å². The van der Waals surface area contributed by atoms with Crippen LogP contribution in [0.25, 0.3) is 0 Å². The molecule has 0 aromatic rings. The number of nitrogens with zero attached hydrogens (tertiary/aromatic N) is 7. The Morgan fingerprint density at radius 2 is 0.261 bits per heavy atom. The minimum absolute atomic E-state index is 1.21. The van der Waals surface area contributed by atoms with E-state index in [2.05, 4.69) is 195 Å². The fourth-order valence-electron chi connectivity index (χ4n) is 4.70. The van der Waals surface area contributed by atoms with Gasteiger partial charge in [0, 0.05) is 0 Å². The highest BCUT2D eigenvalue weighted by atomic mass is 19.4. The highest BCUT2D eigenvalue weighted by Gasteiger charge is 2.31. The normalized spacial score (nSPS) is 11.5. The third-order valence-corrected chi connectivity index (χ3v) is 17.0. The zero-order valence-electron chi connectivity index (χ0n) is 59.6. The van der Waals surface area contributed by atoms with Gasteiger partial charge in [0.05, 0.1) is 187 Å². The molecule has 0 aromatic heterocycles. The van der Waals surface area contributed by atoms with Crippen LogP contribution in [0.3, 0.4) is 0 Å². The molecule has 31 heteroatoms. The summed E-state index contributed by atoms with van der Waals surface area (Å²) in [6.07, 6.45) is -20.8. The van der Waals surface area contributed by atoms with Crippen molar-refractivity contribution in [2.45, 2.75) is 170 Å². The molecule has 0 spiro atoms. The molecule has 0 atom stereocenters. The van der Waals surface area contributed by atoms with Crippen molar-refractivity contribution in [3.8, 4) is 0 Å². The van der Waals surface area contributed by atoms with E-state index in [1.807, 2.05) is 0 Å². The fraction of sp³-hybridized carbons (Fsp3) is 0.930. The highest BCUT2D eigenvalue weighted by molar-refractivity contribution is 6.24. The first-order chi connectivity index (χ1) is 39.3. The number of carboxylic acid groups (broad SMARTS) is 4. The molecule has 0 bridgehead atoms. The smallest absolute Gasteiger partial charge is 0.430 e. The van der Waals surface area contributed by atoms with Crippen molar-refractivity contribution in [1.82, 2.24) is 0 Å². The van der Waals surface area contributed by atoms with Crippen molar-refractivity contribution >= 4 is 31.2 Å². The lowest BCUT2D eigenvalue weighted by molar-refractivity contribution is -0.904. The molecule has 542 valence electrons. The van der Waals surface area contributed by atoms with E-state index in [9.17, 15) is 52.7 Å². The zero-order chi connectivity index (χ0) is 74.2. The zero-order valence-corrected chi connectivity index (χ0v) is 59.6. The van der Waals surface area contributed by atoms with Crippen LogP contribution in [-0.2, 0) is 19.2 Å². The van der Waals surface area contributed by atoms with Gasteiger partial charge in [-0.15, -0.1) is 0 Å². The van der Waals surface area contributed by atoms with Crippen molar-refractivity contribution in [1.29, 1.82) is 0 Å². The lowest BCUT2D eigenvalue weighted by Crippen LogP contribution is -2.56. The number of carbonyl (C=O) groups excluding carboxylic acids is 4. The predicted molar refractivity (Wildman–Crippen MR) is 315 cm³/mol. The summed E-state index contributed by atoms with van der Waals surface area (Å²) >= 11 is 0. The second-order valence-electron chi connectivity index (χ2n) is 21.4. The van der Waals surface area contributed by atoms with E-state index in [1.165, 1.54) is 169 Å². The summed E-state index contributed by atoms with van der Waals surface area (Å²) in [5, 5.41) is 60.4. The Balaban J connectivity index is -0.0000000718. The second-order valence-corrected chi connectivity index (χ2v) is 21.4. The summed E-state index contributed by atoms with van der Waals surface area (Å²) in [6, 6.07) is 0. The van der Waals surface area contributed by atoms with Gasteiger partial charge in [0.1, 0.15) is 23.9 Å². The first-order valence-corrected chi connectivity index (χ1v) is 30.2. The molecule has 0 saturated heterocycles. The third-order valence-electron chi connectivity index (χ3n) is 17.0. The molecule has 0 N–H and O–H groups in total. The van der Waals surface area contributed by atoms with Crippen LogP contribution in [-0.4, -0.2) is 274 Å². The quantitative estimate of drug-likeness (QED) is 0.0915. The predicted octanol–water partition coefficient (Wildman–Crippen LogP) is 3.70. The summed E-state index contributed by atoms with van der Waals surface area (Å²) in [5.74, 6) is -12.0. The molecular weight excluding hydrogens is 1200 g/mol.